The van der Waals surface area contributed by atoms with Crippen LogP contribution in [0.3, 0.4) is 0 Å². The zero-order chi connectivity index (χ0) is 16.2. The molecule has 1 atom stereocenters. The van der Waals surface area contributed by atoms with E-state index in [4.69, 9.17) is 10.3 Å². The van der Waals surface area contributed by atoms with Crippen LogP contribution in [0.2, 0.25) is 0 Å². The number of hydrogen-bond donors (Lipinski definition) is 2. The molecule has 0 spiro atoms. The van der Waals surface area contributed by atoms with Crippen LogP contribution in [0.25, 0.3) is 0 Å². The molecule has 1 aromatic heterocycles. The molecule has 1 aromatic carbocycles. The van der Waals surface area contributed by atoms with Gasteiger partial charge in [-0.2, -0.15) is 4.98 Å². The maximum atomic E-state index is 10.9. The third-order valence-corrected chi connectivity index (χ3v) is 4.03. The van der Waals surface area contributed by atoms with Crippen molar-refractivity contribution in [3.63, 3.8) is 0 Å². The van der Waals surface area contributed by atoms with Gasteiger partial charge in [0.1, 0.15) is 0 Å². The van der Waals surface area contributed by atoms with Crippen LogP contribution in [0.1, 0.15) is 34.6 Å². The van der Waals surface area contributed by atoms with Gasteiger partial charge in [-0.1, -0.05) is 29.4 Å². The van der Waals surface area contributed by atoms with E-state index in [-0.39, 0.29) is 11.9 Å². The first-order chi connectivity index (χ1) is 11.1. The Morgan fingerprint density at radius 1 is 1.43 bits per heavy atom. The number of nitrogens with one attached hydrogen (secondary N) is 1. The molecule has 1 aliphatic rings. The van der Waals surface area contributed by atoms with Crippen LogP contribution in [-0.4, -0.2) is 40.1 Å². The van der Waals surface area contributed by atoms with Crippen LogP contribution in [-0.2, 0) is 19.5 Å². The number of amides is 1. The van der Waals surface area contributed by atoms with E-state index in [0.717, 1.165) is 26.1 Å². The van der Waals surface area contributed by atoms with E-state index in [1.165, 1.54) is 11.1 Å². The minimum Gasteiger partial charge on any atom is -0.361 e. The van der Waals surface area contributed by atoms with Gasteiger partial charge in [0.15, 0.2) is 5.82 Å². The largest absolute Gasteiger partial charge is 0.361 e. The van der Waals surface area contributed by atoms with Crippen molar-refractivity contribution in [2.24, 2.45) is 5.73 Å². The van der Waals surface area contributed by atoms with Crippen LogP contribution < -0.4 is 11.1 Å². The summed E-state index contributed by atoms with van der Waals surface area (Å²) in [6.45, 7) is 5.56. The second kappa shape index (κ2) is 6.89. The van der Waals surface area contributed by atoms with Gasteiger partial charge < -0.3 is 15.6 Å². The standard InChI is InChI=1S/C16H21N5O2/c1-11(18-8-14-19-16(15(17)22)23-20-14)9-21-7-6-12-4-2-3-5-13(12)10-21/h2-5,11,18H,6-10H2,1H3,(H2,17,22). The molecule has 1 aliphatic heterocycles. The van der Waals surface area contributed by atoms with E-state index < -0.39 is 5.91 Å². The first-order valence-corrected chi connectivity index (χ1v) is 7.76. The average molecular weight is 315 g/mol. The van der Waals surface area contributed by atoms with Crippen LogP contribution in [0.15, 0.2) is 28.8 Å². The van der Waals surface area contributed by atoms with Crippen molar-refractivity contribution in [2.45, 2.75) is 32.5 Å². The van der Waals surface area contributed by atoms with Gasteiger partial charge in [0.25, 0.3) is 0 Å². The number of primary amides is 1. The van der Waals surface area contributed by atoms with Gasteiger partial charge in [0.05, 0.1) is 6.54 Å². The summed E-state index contributed by atoms with van der Waals surface area (Å²) in [6.07, 6.45) is 1.09. The molecule has 1 unspecified atom stereocenters. The van der Waals surface area contributed by atoms with Crippen molar-refractivity contribution in [1.82, 2.24) is 20.4 Å². The molecule has 0 fully saturated rings. The summed E-state index contributed by atoms with van der Waals surface area (Å²) in [7, 11) is 0. The highest BCUT2D eigenvalue weighted by molar-refractivity contribution is 5.87. The van der Waals surface area contributed by atoms with E-state index in [1.54, 1.807) is 0 Å². The highest BCUT2D eigenvalue weighted by atomic mass is 16.5. The van der Waals surface area contributed by atoms with Gasteiger partial charge in [0, 0.05) is 25.7 Å². The highest BCUT2D eigenvalue weighted by Crippen LogP contribution is 2.18. The number of hydrogen-bond acceptors (Lipinski definition) is 6. The van der Waals surface area contributed by atoms with Gasteiger partial charge >= 0.3 is 11.8 Å². The topological polar surface area (TPSA) is 97.3 Å². The summed E-state index contributed by atoms with van der Waals surface area (Å²) >= 11 is 0. The molecule has 1 amide bonds. The summed E-state index contributed by atoms with van der Waals surface area (Å²) in [5, 5.41) is 7.07. The highest BCUT2D eigenvalue weighted by Gasteiger charge is 2.18. The Morgan fingerprint density at radius 3 is 2.96 bits per heavy atom. The molecule has 2 aromatic rings. The van der Waals surface area contributed by atoms with E-state index >= 15 is 0 Å². The molecule has 0 saturated heterocycles. The number of fused-ring (bicyclic) bond motifs is 1. The second-order valence-electron chi connectivity index (χ2n) is 5.92. The monoisotopic (exact) mass is 315 g/mol. The average Bonchev–Trinajstić information content (AvgIpc) is 3.02. The Labute approximate surface area is 134 Å². The second-order valence-corrected chi connectivity index (χ2v) is 5.92. The molecule has 0 aliphatic carbocycles. The Hall–Kier alpha value is -2.25. The molecule has 0 bridgehead atoms. The van der Waals surface area contributed by atoms with Gasteiger partial charge in [-0.15, -0.1) is 0 Å². The maximum Gasteiger partial charge on any atom is 0.315 e. The predicted molar refractivity (Wildman–Crippen MR) is 84.5 cm³/mol. The third kappa shape index (κ3) is 3.94. The smallest absolute Gasteiger partial charge is 0.315 e. The van der Waals surface area contributed by atoms with Crippen molar-refractivity contribution in [1.29, 1.82) is 0 Å². The third-order valence-electron chi connectivity index (χ3n) is 4.03. The first kappa shape index (κ1) is 15.6. The molecule has 23 heavy (non-hydrogen) atoms. The molecule has 3 N–H and O–H groups in total. The number of benzene rings is 1. The first-order valence-electron chi connectivity index (χ1n) is 7.76. The Kier molecular flexibility index (Phi) is 4.68. The summed E-state index contributed by atoms with van der Waals surface area (Å²) in [5.74, 6) is -0.416. The SMILES string of the molecule is CC(CN1CCc2ccccc2C1)NCc1noc(C(N)=O)n1. The summed E-state index contributed by atoms with van der Waals surface area (Å²) in [5.41, 5.74) is 7.95. The lowest BCUT2D eigenvalue weighted by molar-refractivity contribution is 0.0958. The van der Waals surface area contributed by atoms with Crippen molar-refractivity contribution >= 4 is 5.91 Å². The van der Waals surface area contributed by atoms with Crippen molar-refractivity contribution in [2.75, 3.05) is 13.1 Å². The molecule has 122 valence electrons. The summed E-state index contributed by atoms with van der Waals surface area (Å²) < 4.78 is 4.76. The summed E-state index contributed by atoms with van der Waals surface area (Å²) in [6, 6.07) is 8.88. The minimum absolute atomic E-state index is 0.151. The van der Waals surface area contributed by atoms with Gasteiger partial charge in [-0.25, -0.2) is 0 Å². The Morgan fingerprint density at radius 2 is 2.22 bits per heavy atom. The van der Waals surface area contributed by atoms with Gasteiger partial charge in [-0.05, 0) is 24.5 Å². The van der Waals surface area contributed by atoms with Crippen molar-refractivity contribution in [3.8, 4) is 0 Å². The van der Waals surface area contributed by atoms with Crippen LogP contribution in [0, 0.1) is 0 Å². The molecular formula is C16H21N5O2. The molecule has 0 saturated carbocycles. The lowest BCUT2D eigenvalue weighted by Gasteiger charge is -2.31. The number of carbonyl (C=O) groups is 1. The fourth-order valence-corrected chi connectivity index (χ4v) is 2.85. The molecule has 3 rings (SSSR count). The lowest BCUT2D eigenvalue weighted by Crippen LogP contribution is -2.41. The van der Waals surface area contributed by atoms with Crippen LogP contribution in [0.5, 0.6) is 0 Å². The summed E-state index contributed by atoms with van der Waals surface area (Å²) in [4.78, 5) is 17.3. The van der Waals surface area contributed by atoms with Gasteiger partial charge in [-0.3, -0.25) is 9.69 Å². The maximum absolute atomic E-state index is 10.9. The van der Waals surface area contributed by atoms with Crippen LogP contribution in [0.4, 0.5) is 0 Å². The molecule has 7 heteroatoms. The minimum atomic E-state index is -0.705. The fraction of sp³-hybridized carbons (Fsp3) is 0.438. The zero-order valence-electron chi connectivity index (χ0n) is 13.2. The molecule has 0 radical (unpaired) electrons. The van der Waals surface area contributed by atoms with Crippen molar-refractivity contribution < 1.29 is 9.32 Å². The number of nitrogens with zero attached hydrogens (tertiary/aromatic N) is 3. The predicted octanol–water partition coefficient (Wildman–Crippen LogP) is 0.705. The number of nitrogens with two attached hydrogens (primary N) is 1. The molecule has 2 heterocycles. The Balaban J connectivity index is 1.48. The zero-order valence-corrected chi connectivity index (χ0v) is 13.2. The van der Waals surface area contributed by atoms with E-state index in [9.17, 15) is 4.79 Å². The van der Waals surface area contributed by atoms with E-state index in [2.05, 4.69) is 51.5 Å². The number of aromatic nitrogens is 2. The Bertz CT molecular complexity index is 685. The van der Waals surface area contributed by atoms with E-state index in [1.807, 2.05) is 0 Å². The molecule has 7 nitrogen and oxygen atoms in total. The molecular weight excluding hydrogens is 294 g/mol. The quantitative estimate of drug-likeness (QED) is 0.814. The van der Waals surface area contributed by atoms with Gasteiger partial charge in [0.2, 0.25) is 0 Å². The fourth-order valence-electron chi connectivity index (χ4n) is 2.85. The van der Waals surface area contributed by atoms with Crippen LogP contribution >= 0.6 is 0 Å². The normalized spacial score (nSPS) is 16.0. The lowest BCUT2D eigenvalue weighted by atomic mass is 10.00. The number of carbonyl (C=O) groups excluding carboxylic acids is 1. The number of rotatable bonds is 6. The van der Waals surface area contributed by atoms with E-state index in [0.29, 0.717) is 12.4 Å². The van der Waals surface area contributed by atoms with Crippen molar-refractivity contribution in [3.05, 3.63) is 47.1 Å².